The Morgan fingerprint density at radius 1 is 0.490 bits per heavy atom. The first kappa shape index (κ1) is 27.0. The minimum absolute atomic E-state index is 0.718. The van der Waals surface area contributed by atoms with Gasteiger partial charge in [-0.3, -0.25) is 0 Å². The normalized spacial score (nSPS) is 12.1. The molecule has 0 aliphatic heterocycles. The van der Waals surface area contributed by atoms with Crippen LogP contribution in [0.15, 0.2) is 146 Å². The van der Waals surface area contributed by atoms with Gasteiger partial charge in [-0.25, -0.2) is 15.0 Å². The first-order valence-corrected chi connectivity index (χ1v) is 17.9. The van der Waals surface area contributed by atoms with Gasteiger partial charge >= 0.3 is 0 Å². The summed E-state index contributed by atoms with van der Waals surface area (Å²) in [5.41, 5.74) is 7.46. The highest BCUT2D eigenvalue weighted by molar-refractivity contribution is 7.30. The second-order valence-electron chi connectivity index (χ2n) is 12.4. The van der Waals surface area contributed by atoms with Crippen LogP contribution in [0.2, 0.25) is 0 Å². The Bertz CT molecular complexity index is 3070. The number of pyridine rings is 1. The fourth-order valence-corrected chi connectivity index (χ4v) is 10.1. The number of benzene rings is 6. The van der Waals surface area contributed by atoms with Crippen LogP contribution in [0.25, 0.3) is 102 Å². The summed E-state index contributed by atoms with van der Waals surface area (Å²) in [6, 6.07) is 49.3. The SMILES string of the molecule is c1ccc(-c2nc(-c3ccc(-n4c5ccccc5c5c6sc7ccccc7c6c6sc7ncccc7c6c54)cc3)nc3ccccc23)cc1. The molecule has 49 heavy (non-hydrogen) atoms. The zero-order chi connectivity index (χ0) is 32.1. The maximum absolute atomic E-state index is 5.13. The van der Waals surface area contributed by atoms with Crippen molar-refractivity contribution in [2.45, 2.75) is 0 Å². The number of aromatic nitrogens is 4. The van der Waals surface area contributed by atoms with Crippen LogP contribution in [0.1, 0.15) is 0 Å². The largest absolute Gasteiger partial charge is 0.309 e. The van der Waals surface area contributed by atoms with Gasteiger partial charge in [-0.05, 0) is 54.6 Å². The molecule has 0 unspecified atom stereocenters. The molecule has 5 heterocycles. The number of thiophene rings is 2. The van der Waals surface area contributed by atoms with Crippen LogP contribution in [0.4, 0.5) is 0 Å². The van der Waals surface area contributed by atoms with Crippen molar-refractivity contribution in [2.24, 2.45) is 0 Å². The summed E-state index contributed by atoms with van der Waals surface area (Å²) in [6.45, 7) is 0. The Labute approximate surface area is 288 Å². The van der Waals surface area contributed by atoms with Gasteiger partial charge in [0.15, 0.2) is 5.82 Å². The first-order valence-electron chi connectivity index (χ1n) is 16.3. The molecule has 11 aromatic rings. The first-order chi connectivity index (χ1) is 24.3. The molecule has 228 valence electrons. The molecule has 11 rings (SSSR count). The van der Waals surface area contributed by atoms with Gasteiger partial charge in [0, 0.05) is 74.8 Å². The van der Waals surface area contributed by atoms with Crippen molar-refractivity contribution >= 4 is 95.9 Å². The van der Waals surface area contributed by atoms with Crippen LogP contribution >= 0.6 is 22.7 Å². The third-order valence-electron chi connectivity index (χ3n) is 9.66. The molecule has 5 aromatic heterocycles. The molecule has 0 radical (unpaired) electrons. The Kier molecular flexibility index (Phi) is 5.67. The lowest BCUT2D eigenvalue weighted by Crippen LogP contribution is -1.97. The van der Waals surface area contributed by atoms with Crippen LogP contribution in [0.3, 0.4) is 0 Å². The minimum Gasteiger partial charge on any atom is -0.309 e. The summed E-state index contributed by atoms with van der Waals surface area (Å²) in [6.07, 6.45) is 1.91. The van der Waals surface area contributed by atoms with E-state index in [2.05, 4.69) is 132 Å². The molecule has 0 atom stereocenters. The van der Waals surface area contributed by atoms with Crippen molar-refractivity contribution in [1.29, 1.82) is 0 Å². The third kappa shape index (κ3) is 3.87. The molecular formula is C43H24N4S2. The Balaban J connectivity index is 1.20. The molecule has 0 fully saturated rings. The van der Waals surface area contributed by atoms with E-state index >= 15 is 0 Å². The summed E-state index contributed by atoms with van der Waals surface area (Å²) >= 11 is 3.70. The predicted octanol–water partition coefficient (Wildman–Crippen LogP) is 12.2. The Morgan fingerprint density at radius 3 is 2.06 bits per heavy atom. The molecule has 6 aromatic carbocycles. The van der Waals surface area contributed by atoms with Crippen LogP contribution in [0.5, 0.6) is 0 Å². The van der Waals surface area contributed by atoms with Crippen molar-refractivity contribution in [2.75, 3.05) is 0 Å². The van der Waals surface area contributed by atoms with Crippen molar-refractivity contribution in [1.82, 2.24) is 19.5 Å². The Morgan fingerprint density at radius 2 is 1.18 bits per heavy atom. The van der Waals surface area contributed by atoms with Crippen molar-refractivity contribution in [3.05, 3.63) is 146 Å². The summed E-state index contributed by atoms with van der Waals surface area (Å²) in [5.74, 6) is 0.718. The van der Waals surface area contributed by atoms with Crippen molar-refractivity contribution in [3.8, 4) is 28.3 Å². The summed E-state index contributed by atoms with van der Waals surface area (Å²) in [5, 5.41) is 8.73. The minimum atomic E-state index is 0.718. The number of hydrogen-bond acceptors (Lipinski definition) is 5. The lowest BCUT2D eigenvalue weighted by molar-refractivity contribution is 1.18. The topological polar surface area (TPSA) is 43.6 Å². The second kappa shape index (κ2) is 10.3. The molecule has 0 saturated carbocycles. The molecule has 0 amide bonds. The highest BCUT2D eigenvalue weighted by atomic mass is 32.1. The number of hydrogen-bond donors (Lipinski definition) is 0. The monoisotopic (exact) mass is 660 g/mol. The average Bonchev–Trinajstić information content (AvgIpc) is 3.84. The van der Waals surface area contributed by atoms with Gasteiger partial charge in [0.05, 0.1) is 22.2 Å². The van der Waals surface area contributed by atoms with Gasteiger partial charge in [0.25, 0.3) is 0 Å². The van der Waals surface area contributed by atoms with Crippen LogP contribution < -0.4 is 0 Å². The van der Waals surface area contributed by atoms with E-state index in [1.54, 1.807) is 11.3 Å². The molecule has 0 spiro atoms. The smallest absolute Gasteiger partial charge is 0.160 e. The molecule has 0 aliphatic carbocycles. The zero-order valence-electron chi connectivity index (χ0n) is 26.0. The van der Waals surface area contributed by atoms with Gasteiger partial charge < -0.3 is 4.57 Å². The van der Waals surface area contributed by atoms with E-state index in [1.807, 2.05) is 29.7 Å². The molecule has 0 saturated heterocycles. The van der Waals surface area contributed by atoms with E-state index in [0.717, 1.165) is 44.1 Å². The van der Waals surface area contributed by atoms with Crippen molar-refractivity contribution < 1.29 is 0 Å². The summed E-state index contributed by atoms with van der Waals surface area (Å²) < 4.78 is 6.39. The summed E-state index contributed by atoms with van der Waals surface area (Å²) in [7, 11) is 0. The Hall–Kier alpha value is -5.95. The van der Waals surface area contributed by atoms with E-state index < -0.39 is 0 Å². The lowest BCUT2D eigenvalue weighted by atomic mass is 10.0. The molecule has 0 aliphatic rings. The lowest BCUT2D eigenvalue weighted by Gasteiger charge is -2.12. The predicted molar refractivity (Wildman–Crippen MR) is 208 cm³/mol. The van der Waals surface area contributed by atoms with Crippen LogP contribution in [0, 0.1) is 0 Å². The van der Waals surface area contributed by atoms with E-state index in [4.69, 9.17) is 15.0 Å². The van der Waals surface area contributed by atoms with Crippen molar-refractivity contribution in [3.63, 3.8) is 0 Å². The van der Waals surface area contributed by atoms with Crippen LogP contribution in [-0.4, -0.2) is 19.5 Å². The van der Waals surface area contributed by atoms with Gasteiger partial charge in [0.1, 0.15) is 4.83 Å². The molecular weight excluding hydrogens is 637 g/mol. The molecule has 6 heteroatoms. The molecule has 0 bridgehead atoms. The van der Waals surface area contributed by atoms with E-state index in [9.17, 15) is 0 Å². The highest BCUT2D eigenvalue weighted by Crippen LogP contribution is 2.51. The van der Waals surface area contributed by atoms with E-state index in [1.165, 1.54) is 57.5 Å². The fraction of sp³-hybridized carbons (Fsp3) is 0. The van der Waals surface area contributed by atoms with E-state index in [-0.39, 0.29) is 0 Å². The number of fused-ring (bicyclic) bond motifs is 13. The van der Waals surface area contributed by atoms with Gasteiger partial charge in [-0.15, -0.1) is 22.7 Å². The van der Waals surface area contributed by atoms with Crippen LogP contribution in [-0.2, 0) is 0 Å². The highest BCUT2D eigenvalue weighted by Gasteiger charge is 2.24. The fourth-order valence-electron chi connectivity index (χ4n) is 7.55. The second-order valence-corrected chi connectivity index (χ2v) is 14.4. The third-order valence-corrected chi connectivity index (χ3v) is 12.0. The standard InChI is InChI=1S/C43H24N4S2/c1-2-11-25(12-3-1)38-28-13-4-7-17-32(28)45-42(46-38)26-20-22-27(23-21-26)47-33-18-8-5-14-29(33)35-39(47)36-31-16-10-24-44-43(31)49-41(36)37-30-15-6-9-19-34(30)48-40(35)37/h1-24H. The maximum Gasteiger partial charge on any atom is 0.160 e. The maximum atomic E-state index is 5.13. The van der Waals surface area contributed by atoms with Gasteiger partial charge in [0.2, 0.25) is 0 Å². The molecule has 4 nitrogen and oxygen atoms in total. The number of para-hydroxylation sites is 2. The zero-order valence-corrected chi connectivity index (χ0v) is 27.6. The van der Waals surface area contributed by atoms with E-state index in [0.29, 0.717) is 0 Å². The number of nitrogens with zero attached hydrogens (tertiary/aromatic N) is 4. The number of rotatable bonds is 3. The quantitative estimate of drug-likeness (QED) is 0.189. The average molecular weight is 661 g/mol. The molecule has 0 N–H and O–H groups in total. The van der Waals surface area contributed by atoms with Gasteiger partial charge in [-0.1, -0.05) is 84.9 Å². The summed E-state index contributed by atoms with van der Waals surface area (Å²) in [4.78, 5) is 16.1. The van der Waals surface area contributed by atoms with Gasteiger partial charge in [-0.2, -0.15) is 0 Å².